The minimum atomic E-state index is -0.947. The summed E-state index contributed by atoms with van der Waals surface area (Å²) in [6.45, 7) is -0.314. The SMILES string of the molecule is CN(C)c1ccc(C2(c3ccc(N(C)C)cc3)C=Cc3c(C(=O)OCCO)cc4ccc(N(C)C)cc4c3O2)cc1. The molecule has 5 rings (SSSR count). The molecular formula is C34H37N3O4. The molecule has 0 spiro atoms. The summed E-state index contributed by atoms with van der Waals surface area (Å²) in [4.78, 5) is 19.3. The van der Waals surface area contributed by atoms with Crippen molar-refractivity contribution >= 4 is 39.9 Å². The van der Waals surface area contributed by atoms with Gasteiger partial charge in [-0.25, -0.2) is 4.79 Å². The monoisotopic (exact) mass is 551 g/mol. The van der Waals surface area contributed by atoms with Crippen molar-refractivity contribution in [2.75, 3.05) is 70.2 Å². The summed E-state index contributed by atoms with van der Waals surface area (Å²) >= 11 is 0. The number of rotatable bonds is 8. The predicted molar refractivity (Wildman–Crippen MR) is 168 cm³/mol. The second-order valence-electron chi connectivity index (χ2n) is 10.9. The molecular weight excluding hydrogens is 514 g/mol. The van der Waals surface area contributed by atoms with E-state index in [-0.39, 0.29) is 13.2 Å². The molecule has 1 N–H and O–H groups in total. The maximum absolute atomic E-state index is 13.2. The standard InChI is InChI=1S/C34H37N3O4/c1-35(2)26-13-8-24(9-14-26)34(25-10-15-27(16-11-25)36(3)4)18-17-29-31(33(39)40-20-19-38)21-23-7-12-28(37(5)6)22-30(23)32(29)41-34/h7-18,21-22,38H,19-20H2,1-6H3. The highest BCUT2D eigenvalue weighted by molar-refractivity contribution is 6.04. The molecule has 7 heteroatoms. The van der Waals surface area contributed by atoms with E-state index in [1.54, 1.807) is 0 Å². The molecule has 0 unspecified atom stereocenters. The number of ether oxygens (including phenoxy) is 2. The minimum Gasteiger partial charge on any atom is -0.472 e. The smallest absolute Gasteiger partial charge is 0.338 e. The van der Waals surface area contributed by atoms with E-state index in [9.17, 15) is 9.90 Å². The molecule has 1 aliphatic heterocycles. The van der Waals surface area contributed by atoms with E-state index >= 15 is 0 Å². The number of hydrogen-bond acceptors (Lipinski definition) is 7. The van der Waals surface area contributed by atoms with Gasteiger partial charge in [-0.2, -0.15) is 0 Å². The Balaban J connectivity index is 1.76. The number of esters is 1. The van der Waals surface area contributed by atoms with Crippen LogP contribution in [0.4, 0.5) is 17.1 Å². The van der Waals surface area contributed by atoms with E-state index < -0.39 is 11.6 Å². The lowest BCUT2D eigenvalue weighted by atomic mass is 9.82. The number of anilines is 3. The van der Waals surface area contributed by atoms with Crippen molar-refractivity contribution in [2.45, 2.75) is 5.60 Å². The van der Waals surface area contributed by atoms with Gasteiger partial charge in [0.15, 0.2) is 5.60 Å². The van der Waals surface area contributed by atoms with Crippen molar-refractivity contribution in [3.63, 3.8) is 0 Å². The molecule has 0 saturated heterocycles. The number of hydrogen-bond donors (Lipinski definition) is 1. The number of aliphatic hydroxyl groups excluding tert-OH is 1. The van der Waals surface area contributed by atoms with Gasteiger partial charge < -0.3 is 29.3 Å². The van der Waals surface area contributed by atoms with Gasteiger partial charge in [0.25, 0.3) is 0 Å². The van der Waals surface area contributed by atoms with Crippen LogP contribution in [0.1, 0.15) is 27.0 Å². The third kappa shape index (κ3) is 5.21. The highest BCUT2D eigenvalue weighted by Crippen LogP contribution is 2.47. The Hall–Kier alpha value is -4.49. The van der Waals surface area contributed by atoms with Crippen LogP contribution in [0, 0.1) is 0 Å². The molecule has 0 aliphatic carbocycles. The second kappa shape index (κ2) is 11.2. The van der Waals surface area contributed by atoms with Gasteiger partial charge in [0, 0.05) is 81.4 Å². The zero-order valence-electron chi connectivity index (χ0n) is 24.5. The normalized spacial score (nSPS) is 13.3. The Kier molecular flexibility index (Phi) is 7.65. The summed E-state index contributed by atoms with van der Waals surface area (Å²) in [5.74, 6) is 0.110. The maximum Gasteiger partial charge on any atom is 0.338 e. The van der Waals surface area contributed by atoms with Crippen LogP contribution in [0.2, 0.25) is 0 Å². The summed E-state index contributed by atoms with van der Waals surface area (Å²) in [5.41, 5.74) is 5.22. The lowest BCUT2D eigenvalue weighted by Gasteiger charge is -2.37. The van der Waals surface area contributed by atoms with E-state index in [1.807, 2.05) is 77.5 Å². The van der Waals surface area contributed by atoms with Gasteiger partial charge in [0.05, 0.1) is 12.2 Å². The Morgan fingerprint density at radius 3 is 1.83 bits per heavy atom. The summed E-state index contributed by atoms with van der Waals surface area (Å²) in [7, 11) is 12.1. The lowest BCUT2D eigenvalue weighted by Crippen LogP contribution is -2.35. The quantitative estimate of drug-likeness (QED) is 0.289. The highest BCUT2D eigenvalue weighted by Gasteiger charge is 2.39. The van der Waals surface area contributed by atoms with E-state index in [0.717, 1.165) is 39.0 Å². The third-order valence-electron chi connectivity index (χ3n) is 7.55. The van der Waals surface area contributed by atoms with Gasteiger partial charge in [-0.3, -0.25) is 0 Å². The highest BCUT2D eigenvalue weighted by atomic mass is 16.5. The summed E-state index contributed by atoms with van der Waals surface area (Å²) in [5, 5.41) is 11.0. The fraction of sp³-hybridized carbons (Fsp3) is 0.265. The topological polar surface area (TPSA) is 65.5 Å². The van der Waals surface area contributed by atoms with Crippen molar-refractivity contribution in [3.8, 4) is 5.75 Å². The number of carbonyl (C=O) groups excluding carboxylic acids is 1. The molecule has 41 heavy (non-hydrogen) atoms. The van der Waals surface area contributed by atoms with Crippen LogP contribution in [0.3, 0.4) is 0 Å². The number of nitrogens with zero attached hydrogens (tertiary/aromatic N) is 3. The summed E-state index contributed by atoms with van der Waals surface area (Å²) in [6, 6.07) is 24.7. The average Bonchev–Trinajstić information content (AvgIpc) is 2.98. The fourth-order valence-electron chi connectivity index (χ4n) is 5.19. The van der Waals surface area contributed by atoms with Crippen molar-refractivity contribution < 1.29 is 19.4 Å². The summed E-state index contributed by atoms with van der Waals surface area (Å²) < 4.78 is 12.5. The largest absolute Gasteiger partial charge is 0.472 e. The molecule has 1 aliphatic rings. The number of carbonyl (C=O) groups is 1. The molecule has 0 radical (unpaired) electrons. The van der Waals surface area contributed by atoms with Crippen LogP contribution in [0.15, 0.2) is 78.9 Å². The molecule has 4 aromatic rings. The van der Waals surface area contributed by atoms with Crippen LogP contribution in [0.25, 0.3) is 16.8 Å². The van der Waals surface area contributed by atoms with Crippen molar-refractivity contribution in [1.29, 1.82) is 0 Å². The first-order chi connectivity index (χ1) is 19.6. The van der Waals surface area contributed by atoms with Crippen LogP contribution in [-0.4, -0.2) is 66.6 Å². The molecule has 212 valence electrons. The van der Waals surface area contributed by atoms with Crippen LogP contribution >= 0.6 is 0 Å². The van der Waals surface area contributed by atoms with Gasteiger partial charge in [-0.1, -0.05) is 30.3 Å². The van der Waals surface area contributed by atoms with Gasteiger partial charge in [0.1, 0.15) is 12.4 Å². The first-order valence-corrected chi connectivity index (χ1v) is 13.6. The molecule has 0 fully saturated rings. The molecule has 0 saturated carbocycles. The zero-order valence-corrected chi connectivity index (χ0v) is 24.5. The van der Waals surface area contributed by atoms with Gasteiger partial charge in [0.2, 0.25) is 0 Å². The Bertz CT molecular complexity index is 1540. The van der Waals surface area contributed by atoms with Crippen molar-refractivity contribution in [3.05, 3.63) is 101 Å². The zero-order chi connectivity index (χ0) is 29.3. The third-order valence-corrected chi connectivity index (χ3v) is 7.55. The fourth-order valence-corrected chi connectivity index (χ4v) is 5.19. The van der Waals surface area contributed by atoms with Crippen LogP contribution in [-0.2, 0) is 10.3 Å². The van der Waals surface area contributed by atoms with E-state index in [4.69, 9.17) is 9.47 Å². The van der Waals surface area contributed by atoms with E-state index in [2.05, 4.69) is 64.4 Å². The van der Waals surface area contributed by atoms with Crippen molar-refractivity contribution in [1.82, 2.24) is 0 Å². The van der Waals surface area contributed by atoms with Gasteiger partial charge in [-0.05, 0) is 60.0 Å². The molecule has 7 nitrogen and oxygen atoms in total. The van der Waals surface area contributed by atoms with E-state index in [0.29, 0.717) is 16.9 Å². The van der Waals surface area contributed by atoms with Gasteiger partial charge >= 0.3 is 5.97 Å². The molecule has 0 amide bonds. The van der Waals surface area contributed by atoms with Gasteiger partial charge in [-0.15, -0.1) is 0 Å². The lowest BCUT2D eigenvalue weighted by molar-refractivity contribution is 0.0432. The molecule has 4 aromatic carbocycles. The Morgan fingerprint density at radius 2 is 1.32 bits per heavy atom. The van der Waals surface area contributed by atoms with Crippen LogP contribution < -0.4 is 19.4 Å². The molecule has 0 bridgehead atoms. The Labute approximate surface area is 241 Å². The van der Waals surface area contributed by atoms with Crippen molar-refractivity contribution in [2.24, 2.45) is 0 Å². The van der Waals surface area contributed by atoms with Crippen LogP contribution in [0.5, 0.6) is 5.75 Å². The molecule has 0 aromatic heterocycles. The first kappa shape index (κ1) is 28.1. The average molecular weight is 552 g/mol. The maximum atomic E-state index is 13.2. The minimum absolute atomic E-state index is 0.0732. The number of aliphatic hydroxyl groups is 1. The Morgan fingerprint density at radius 1 is 0.780 bits per heavy atom. The summed E-state index contributed by atoms with van der Waals surface area (Å²) in [6.07, 6.45) is 3.99. The molecule has 0 atom stereocenters. The second-order valence-corrected chi connectivity index (χ2v) is 10.9. The van der Waals surface area contributed by atoms with E-state index in [1.165, 1.54) is 0 Å². The number of benzene rings is 4. The predicted octanol–water partition coefficient (Wildman–Crippen LogP) is 5.54. The molecule has 1 heterocycles. The number of fused-ring (bicyclic) bond motifs is 3. The first-order valence-electron chi connectivity index (χ1n) is 13.6.